The molecule has 0 bridgehead atoms. The lowest BCUT2D eigenvalue weighted by Crippen LogP contribution is -2.44. The summed E-state index contributed by atoms with van der Waals surface area (Å²) in [4.78, 5) is 24.5. The fourth-order valence-electron chi connectivity index (χ4n) is 3.17. The molecule has 0 heterocycles. The van der Waals surface area contributed by atoms with Crippen LogP contribution >= 0.6 is 0 Å². The summed E-state index contributed by atoms with van der Waals surface area (Å²) in [5.41, 5.74) is 4.04. The molecule has 3 rings (SSSR count). The Morgan fingerprint density at radius 1 is 0.853 bits per heavy atom. The third-order valence-electron chi connectivity index (χ3n) is 5.17. The summed E-state index contributed by atoms with van der Waals surface area (Å²) in [7, 11) is 1.60. The Balaban J connectivity index is 1.38. The van der Waals surface area contributed by atoms with Crippen molar-refractivity contribution in [3.05, 3.63) is 107 Å². The van der Waals surface area contributed by atoms with Crippen molar-refractivity contribution in [2.75, 3.05) is 7.11 Å². The van der Waals surface area contributed by atoms with E-state index in [9.17, 15) is 9.59 Å². The van der Waals surface area contributed by atoms with E-state index >= 15 is 0 Å². The molecule has 1 atom stereocenters. The van der Waals surface area contributed by atoms with Crippen LogP contribution in [0.2, 0.25) is 0 Å². The molecule has 0 aliphatic heterocycles. The minimum absolute atomic E-state index is 0.249. The van der Waals surface area contributed by atoms with Gasteiger partial charge in [0, 0.05) is 12.6 Å². The van der Waals surface area contributed by atoms with E-state index in [1.54, 1.807) is 20.1 Å². The highest BCUT2D eigenvalue weighted by atomic mass is 16.5. The van der Waals surface area contributed by atoms with Crippen LogP contribution in [0.1, 0.15) is 29.2 Å². The topological polar surface area (TPSA) is 76.7 Å². The number of hydrogen-bond acceptors (Lipinski definition) is 4. The highest BCUT2D eigenvalue weighted by molar-refractivity contribution is 5.95. The van der Waals surface area contributed by atoms with Crippen molar-refractivity contribution in [2.45, 2.75) is 32.7 Å². The summed E-state index contributed by atoms with van der Waals surface area (Å²) in [6, 6.07) is 24.6. The number of nitrogens with one attached hydrogen (secondary N) is 2. The van der Waals surface area contributed by atoms with Crippen molar-refractivity contribution in [1.82, 2.24) is 10.6 Å². The monoisotopic (exact) mass is 458 g/mol. The number of benzene rings is 3. The second-order valence-corrected chi connectivity index (χ2v) is 7.85. The molecule has 0 aliphatic carbocycles. The molecule has 2 amide bonds. The summed E-state index contributed by atoms with van der Waals surface area (Å²) >= 11 is 0. The average molecular weight is 459 g/mol. The second kappa shape index (κ2) is 13.0. The fourth-order valence-corrected chi connectivity index (χ4v) is 3.17. The molecule has 6 heteroatoms. The van der Waals surface area contributed by atoms with Crippen LogP contribution < -0.4 is 15.4 Å². The average Bonchev–Trinajstić information content (AvgIpc) is 2.87. The van der Waals surface area contributed by atoms with Crippen LogP contribution in [0.3, 0.4) is 0 Å². The third kappa shape index (κ3) is 8.22. The van der Waals surface area contributed by atoms with Gasteiger partial charge >= 0.3 is 0 Å². The van der Waals surface area contributed by atoms with Crippen molar-refractivity contribution in [1.29, 1.82) is 0 Å². The maximum Gasteiger partial charge on any atom is 0.244 e. The molecule has 1 unspecified atom stereocenters. The standard InChI is InChI=1S/C28H30N2O4/c1-21(30-27(31)17-14-22-12-15-26(33-2)16-13-22)28(32)29-18-23-8-10-25(11-9-23)20-34-19-24-6-4-3-5-7-24/h3-17,21H,18-20H2,1-2H3,(H,29,32)(H,30,31)/b17-14+. The predicted octanol–water partition coefficient (Wildman–Crippen LogP) is 4.25. The Hall–Kier alpha value is -3.90. The van der Waals surface area contributed by atoms with Crippen molar-refractivity contribution in [3.63, 3.8) is 0 Å². The van der Waals surface area contributed by atoms with Crippen LogP contribution in [0.5, 0.6) is 5.75 Å². The third-order valence-corrected chi connectivity index (χ3v) is 5.17. The van der Waals surface area contributed by atoms with E-state index < -0.39 is 6.04 Å². The van der Waals surface area contributed by atoms with Crippen LogP contribution in [0.25, 0.3) is 6.08 Å². The minimum Gasteiger partial charge on any atom is -0.497 e. The number of amides is 2. The lowest BCUT2D eigenvalue weighted by atomic mass is 10.1. The molecule has 6 nitrogen and oxygen atoms in total. The van der Waals surface area contributed by atoms with E-state index in [1.807, 2.05) is 78.9 Å². The zero-order chi connectivity index (χ0) is 24.2. The number of hydrogen-bond donors (Lipinski definition) is 2. The molecule has 0 spiro atoms. The SMILES string of the molecule is COc1ccc(/C=C/C(=O)NC(C)C(=O)NCc2ccc(COCc3ccccc3)cc2)cc1. The van der Waals surface area contributed by atoms with Crippen LogP contribution in [0.15, 0.2) is 84.9 Å². The maximum atomic E-state index is 12.4. The van der Waals surface area contributed by atoms with Gasteiger partial charge in [0.25, 0.3) is 0 Å². The van der Waals surface area contributed by atoms with Crippen molar-refractivity contribution >= 4 is 17.9 Å². The van der Waals surface area contributed by atoms with Crippen molar-refractivity contribution < 1.29 is 19.1 Å². The smallest absolute Gasteiger partial charge is 0.244 e. The molecule has 3 aromatic rings. The molecule has 0 fully saturated rings. The molecule has 3 aromatic carbocycles. The van der Waals surface area contributed by atoms with Gasteiger partial charge in [-0.1, -0.05) is 66.7 Å². The van der Waals surface area contributed by atoms with E-state index in [0.717, 1.165) is 28.0 Å². The zero-order valence-corrected chi connectivity index (χ0v) is 19.5. The first-order valence-electron chi connectivity index (χ1n) is 11.1. The van der Waals surface area contributed by atoms with Crippen LogP contribution in [-0.4, -0.2) is 25.0 Å². The van der Waals surface area contributed by atoms with Crippen LogP contribution in [0.4, 0.5) is 0 Å². The van der Waals surface area contributed by atoms with E-state index in [0.29, 0.717) is 19.8 Å². The van der Waals surface area contributed by atoms with Gasteiger partial charge in [-0.3, -0.25) is 9.59 Å². The van der Waals surface area contributed by atoms with Gasteiger partial charge in [0.15, 0.2) is 0 Å². The predicted molar refractivity (Wildman–Crippen MR) is 133 cm³/mol. The van der Waals surface area contributed by atoms with Crippen LogP contribution in [0, 0.1) is 0 Å². The summed E-state index contributed by atoms with van der Waals surface area (Å²) in [5, 5.41) is 5.53. The molecule has 0 saturated heterocycles. The largest absolute Gasteiger partial charge is 0.497 e. The summed E-state index contributed by atoms with van der Waals surface area (Å²) in [6.07, 6.45) is 3.09. The van der Waals surface area contributed by atoms with Gasteiger partial charge in [0.05, 0.1) is 20.3 Å². The van der Waals surface area contributed by atoms with E-state index in [-0.39, 0.29) is 11.8 Å². The van der Waals surface area contributed by atoms with Crippen molar-refractivity contribution in [3.8, 4) is 5.75 Å². The van der Waals surface area contributed by atoms with Gasteiger partial charge in [-0.25, -0.2) is 0 Å². The highest BCUT2D eigenvalue weighted by Gasteiger charge is 2.13. The molecule has 0 aliphatic rings. The van der Waals surface area contributed by atoms with E-state index in [2.05, 4.69) is 10.6 Å². The molecular formula is C28H30N2O4. The molecule has 0 saturated carbocycles. The van der Waals surface area contributed by atoms with Gasteiger partial charge in [-0.2, -0.15) is 0 Å². The fraction of sp³-hybridized carbons (Fsp3) is 0.214. The maximum absolute atomic E-state index is 12.4. The van der Waals surface area contributed by atoms with Gasteiger partial charge < -0.3 is 20.1 Å². The minimum atomic E-state index is -0.654. The molecule has 34 heavy (non-hydrogen) atoms. The molecule has 0 aromatic heterocycles. The van der Waals surface area contributed by atoms with Gasteiger partial charge in [-0.15, -0.1) is 0 Å². The first-order valence-corrected chi connectivity index (χ1v) is 11.1. The Kier molecular flexibility index (Phi) is 9.43. The molecule has 0 radical (unpaired) electrons. The quantitative estimate of drug-likeness (QED) is 0.421. The highest BCUT2D eigenvalue weighted by Crippen LogP contribution is 2.12. The lowest BCUT2D eigenvalue weighted by molar-refractivity contribution is -0.126. The first-order chi connectivity index (χ1) is 16.5. The normalized spacial score (nSPS) is 11.7. The van der Waals surface area contributed by atoms with Crippen LogP contribution in [-0.2, 0) is 34.1 Å². The van der Waals surface area contributed by atoms with Gasteiger partial charge in [0.2, 0.25) is 11.8 Å². The summed E-state index contributed by atoms with van der Waals surface area (Å²) in [6.45, 7) is 3.12. The summed E-state index contributed by atoms with van der Waals surface area (Å²) < 4.78 is 10.9. The van der Waals surface area contributed by atoms with Gasteiger partial charge in [-0.05, 0) is 47.4 Å². The zero-order valence-electron chi connectivity index (χ0n) is 19.5. The number of methoxy groups -OCH3 is 1. The van der Waals surface area contributed by atoms with Crippen molar-refractivity contribution in [2.24, 2.45) is 0 Å². The Bertz CT molecular complexity index is 1080. The summed E-state index contributed by atoms with van der Waals surface area (Å²) in [5.74, 6) is 0.165. The molecule has 2 N–H and O–H groups in total. The van der Waals surface area contributed by atoms with Gasteiger partial charge in [0.1, 0.15) is 11.8 Å². The first kappa shape index (κ1) is 24.7. The Labute approximate surface area is 200 Å². The Morgan fingerprint density at radius 3 is 2.12 bits per heavy atom. The second-order valence-electron chi connectivity index (χ2n) is 7.85. The van der Waals surface area contributed by atoms with E-state index in [4.69, 9.17) is 9.47 Å². The number of carbonyl (C=O) groups excluding carboxylic acids is 2. The van der Waals surface area contributed by atoms with E-state index in [1.165, 1.54) is 6.08 Å². The number of carbonyl (C=O) groups is 2. The molecule has 176 valence electrons. The number of ether oxygens (including phenoxy) is 2. The Morgan fingerprint density at radius 2 is 1.47 bits per heavy atom. The number of rotatable bonds is 11. The molecular weight excluding hydrogens is 428 g/mol. The lowest BCUT2D eigenvalue weighted by Gasteiger charge is -2.13.